The second kappa shape index (κ2) is 4.63. The van der Waals surface area contributed by atoms with Gasteiger partial charge in [-0.2, -0.15) is 16.7 Å². The molecule has 1 unspecified atom stereocenters. The molecule has 1 aromatic heterocycles. The fraction of sp³-hybridized carbons (Fsp3) is 0.625. The molecule has 0 saturated carbocycles. The minimum Gasteiger partial charge on any atom is -0.352 e. The number of thioether (sulfide) groups is 1. The van der Waals surface area contributed by atoms with E-state index in [4.69, 9.17) is 4.52 Å². The van der Waals surface area contributed by atoms with Crippen LogP contribution in [0.2, 0.25) is 0 Å². The molecule has 0 aromatic carbocycles. The van der Waals surface area contributed by atoms with E-state index in [1.165, 1.54) is 7.05 Å². The van der Waals surface area contributed by atoms with Gasteiger partial charge in [0, 0.05) is 25.1 Å². The summed E-state index contributed by atoms with van der Waals surface area (Å²) in [5, 5.41) is 9.32. The maximum atomic E-state index is 11.2. The van der Waals surface area contributed by atoms with Crippen LogP contribution in [0.1, 0.15) is 22.6 Å². The predicted molar refractivity (Wildman–Crippen MR) is 55.8 cm³/mol. The Morgan fingerprint density at radius 1 is 1.73 bits per heavy atom. The number of amides is 1. The molecule has 1 saturated heterocycles. The highest BCUT2D eigenvalue weighted by atomic mass is 32.2. The van der Waals surface area contributed by atoms with Crippen molar-refractivity contribution in [3.63, 3.8) is 0 Å². The first-order valence-electron chi connectivity index (χ1n) is 4.68. The van der Waals surface area contributed by atoms with Gasteiger partial charge in [0.25, 0.3) is 11.7 Å². The molecule has 0 radical (unpaired) electrons. The van der Waals surface area contributed by atoms with Crippen LogP contribution in [-0.4, -0.2) is 41.1 Å². The van der Waals surface area contributed by atoms with Crippen molar-refractivity contribution < 1.29 is 9.32 Å². The van der Waals surface area contributed by atoms with Crippen molar-refractivity contribution in [2.75, 3.05) is 25.1 Å². The number of nitrogens with one attached hydrogen (secondary N) is 2. The van der Waals surface area contributed by atoms with Crippen LogP contribution in [0.5, 0.6) is 0 Å². The van der Waals surface area contributed by atoms with Gasteiger partial charge in [0.1, 0.15) is 0 Å². The highest BCUT2D eigenvalue weighted by molar-refractivity contribution is 7.99. The zero-order valence-corrected chi connectivity index (χ0v) is 9.13. The van der Waals surface area contributed by atoms with Gasteiger partial charge < -0.3 is 15.2 Å². The van der Waals surface area contributed by atoms with Gasteiger partial charge in [-0.05, 0) is 0 Å². The Bertz CT molecular complexity index is 348. The zero-order chi connectivity index (χ0) is 10.7. The Labute approximate surface area is 91.2 Å². The van der Waals surface area contributed by atoms with E-state index in [1.807, 2.05) is 11.8 Å². The van der Waals surface area contributed by atoms with Crippen LogP contribution >= 0.6 is 11.8 Å². The summed E-state index contributed by atoms with van der Waals surface area (Å²) in [6.45, 7) is 0.924. The number of carbonyl (C=O) groups excluding carboxylic acids is 1. The monoisotopic (exact) mass is 228 g/mol. The molecule has 0 spiro atoms. The summed E-state index contributed by atoms with van der Waals surface area (Å²) >= 11 is 1.83. The van der Waals surface area contributed by atoms with Gasteiger partial charge in [-0.3, -0.25) is 4.79 Å². The molecule has 1 aromatic rings. The molecular formula is C8H12N4O2S. The van der Waals surface area contributed by atoms with Gasteiger partial charge in [0.05, 0.1) is 6.04 Å². The lowest BCUT2D eigenvalue weighted by atomic mass is 10.3. The molecule has 1 aliphatic rings. The summed E-state index contributed by atoms with van der Waals surface area (Å²) in [5.41, 5.74) is 0. The Hall–Kier alpha value is -1.08. The fourth-order valence-corrected chi connectivity index (χ4v) is 2.23. The van der Waals surface area contributed by atoms with Crippen LogP contribution in [0.25, 0.3) is 0 Å². The molecule has 0 bridgehead atoms. The number of hydrogen-bond acceptors (Lipinski definition) is 6. The van der Waals surface area contributed by atoms with Crippen LogP contribution in [0.4, 0.5) is 0 Å². The van der Waals surface area contributed by atoms with Gasteiger partial charge >= 0.3 is 0 Å². The topological polar surface area (TPSA) is 80.0 Å². The summed E-state index contributed by atoms with van der Waals surface area (Å²) in [4.78, 5) is 15.2. The first kappa shape index (κ1) is 10.4. The lowest BCUT2D eigenvalue weighted by Crippen LogP contribution is -2.30. The first-order valence-corrected chi connectivity index (χ1v) is 5.83. The van der Waals surface area contributed by atoms with Gasteiger partial charge in [-0.25, -0.2) is 0 Å². The van der Waals surface area contributed by atoms with Crippen LogP contribution in [0.15, 0.2) is 4.52 Å². The average Bonchev–Trinajstić information content (AvgIpc) is 2.78. The molecule has 2 N–H and O–H groups in total. The van der Waals surface area contributed by atoms with Crippen LogP contribution < -0.4 is 10.6 Å². The first-order chi connectivity index (χ1) is 7.31. The number of aromatic nitrogens is 2. The quantitative estimate of drug-likeness (QED) is 0.730. The van der Waals surface area contributed by atoms with Crippen LogP contribution in [0.3, 0.4) is 0 Å². The Morgan fingerprint density at radius 3 is 3.27 bits per heavy atom. The maximum Gasteiger partial charge on any atom is 0.292 e. The number of nitrogens with zero attached hydrogens (tertiary/aromatic N) is 2. The van der Waals surface area contributed by atoms with Crippen molar-refractivity contribution in [2.24, 2.45) is 0 Å². The SMILES string of the molecule is CNC(=O)c1noc(C2CSCCN2)n1. The average molecular weight is 228 g/mol. The van der Waals surface area contributed by atoms with E-state index in [0.717, 1.165) is 18.1 Å². The van der Waals surface area contributed by atoms with Crippen molar-refractivity contribution in [1.29, 1.82) is 0 Å². The normalized spacial score (nSPS) is 21.3. The highest BCUT2D eigenvalue weighted by Crippen LogP contribution is 2.20. The third kappa shape index (κ3) is 2.29. The number of rotatable bonds is 2. The van der Waals surface area contributed by atoms with E-state index in [1.54, 1.807) is 0 Å². The zero-order valence-electron chi connectivity index (χ0n) is 8.32. The molecule has 1 amide bonds. The summed E-state index contributed by atoms with van der Waals surface area (Å²) in [6.07, 6.45) is 0. The molecular weight excluding hydrogens is 216 g/mol. The van der Waals surface area contributed by atoms with Crippen molar-refractivity contribution >= 4 is 17.7 Å². The molecule has 2 heterocycles. The second-order valence-electron chi connectivity index (χ2n) is 3.12. The van der Waals surface area contributed by atoms with E-state index in [2.05, 4.69) is 20.8 Å². The highest BCUT2D eigenvalue weighted by Gasteiger charge is 2.22. The van der Waals surface area contributed by atoms with Crippen molar-refractivity contribution in [2.45, 2.75) is 6.04 Å². The number of hydrogen-bond donors (Lipinski definition) is 2. The molecule has 1 atom stereocenters. The Morgan fingerprint density at radius 2 is 2.60 bits per heavy atom. The summed E-state index contributed by atoms with van der Waals surface area (Å²) in [7, 11) is 1.53. The van der Waals surface area contributed by atoms with E-state index in [0.29, 0.717) is 5.89 Å². The smallest absolute Gasteiger partial charge is 0.292 e. The van der Waals surface area contributed by atoms with Crippen molar-refractivity contribution in [3.05, 3.63) is 11.7 Å². The molecule has 82 valence electrons. The lowest BCUT2D eigenvalue weighted by Gasteiger charge is -2.19. The molecule has 0 aliphatic carbocycles. The third-order valence-electron chi connectivity index (χ3n) is 2.09. The van der Waals surface area contributed by atoms with E-state index in [9.17, 15) is 4.79 Å². The molecule has 1 fully saturated rings. The molecule has 6 nitrogen and oxygen atoms in total. The Kier molecular flexibility index (Phi) is 3.22. The summed E-state index contributed by atoms with van der Waals surface area (Å²) in [6, 6.07) is 0.0645. The predicted octanol–water partition coefficient (Wildman–Crippen LogP) is -0.193. The largest absolute Gasteiger partial charge is 0.352 e. The van der Waals surface area contributed by atoms with Gasteiger partial charge in [0.2, 0.25) is 5.89 Å². The minimum absolute atomic E-state index is 0.0645. The van der Waals surface area contributed by atoms with Crippen molar-refractivity contribution in [3.8, 4) is 0 Å². The van der Waals surface area contributed by atoms with E-state index in [-0.39, 0.29) is 17.8 Å². The Balaban J connectivity index is 2.08. The van der Waals surface area contributed by atoms with E-state index >= 15 is 0 Å². The molecule has 1 aliphatic heterocycles. The lowest BCUT2D eigenvalue weighted by molar-refractivity contribution is 0.0950. The van der Waals surface area contributed by atoms with Gasteiger partial charge in [-0.1, -0.05) is 5.16 Å². The minimum atomic E-state index is -0.325. The fourth-order valence-electron chi connectivity index (χ4n) is 1.30. The standard InChI is InChI=1S/C8H12N4O2S/c1-9-7(13)6-11-8(14-12-6)5-4-15-3-2-10-5/h5,10H,2-4H2,1H3,(H,9,13). The summed E-state index contributed by atoms with van der Waals surface area (Å²) in [5.74, 6) is 2.24. The maximum absolute atomic E-state index is 11.2. The number of carbonyl (C=O) groups is 1. The molecule has 15 heavy (non-hydrogen) atoms. The van der Waals surface area contributed by atoms with E-state index < -0.39 is 0 Å². The summed E-state index contributed by atoms with van der Waals surface area (Å²) < 4.78 is 5.03. The van der Waals surface area contributed by atoms with Gasteiger partial charge in [0.15, 0.2) is 0 Å². The second-order valence-corrected chi connectivity index (χ2v) is 4.27. The molecule has 7 heteroatoms. The van der Waals surface area contributed by atoms with Crippen LogP contribution in [-0.2, 0) is 0 Å². The van der Waals surface area contributed by atoms with Crippen molar-refractivity contribution in [1.82, 2.24) is 20.8 Å². The molecule has 2 rings (SSSR count). The third-order valence-corrected chi connectivity index (χ3v) is 3.15. The van der Waals surface area contributed by atoms with Gasteiger partial charge in [-0.15, -0.1) is 0 Å². The van der Waals surface area contributed by atoms with Crippen LogP contribution in [0, 0.1) is 0 Å².